The molecule has 1 aliphatic rings. The van der Waals surface area contributed by atoms with E-state index in [4.69, 9.17) is 0 Å². The lowest BCUT2D eigenvalue weighted by Crippen LogP contribution is -2.38. The van der Waals surface area contributed by atoms with Crippen LogP contribution in [0.1, 0.15) is 57.6 Å². The van der Waals surface area contributed by atoms with E-state index in [-0.39, 0.29) is 11.4 Å². The van der Waals surface area contributed by atoms with Gasteiger partial charge in [0, 0.05) is 5.57 Å². The molecule has 2 rings (SSSR count). The minimum absolute atomic E-state index is 0.0383. The Morgan fingerprint density at radius 3 is 2.38 bits per heavy atom. The van der Waals surface area contributed by atoms with Crippen molar-refractivity contribution < 1.29 is 4.79 Å². The van der Waals surface area contributed by atoms with Gasteiger partial charge >= 0.3 is 0 Å². The maximum absolute atomic E-state index is 11.8. The molecule has 0 saturated carbocycles. The van der Waals surface area contributed by atoms with Crippen LogP contribution >= 0.6 is 0 Å². The third-order valence-electron chi connectivity index (χ3n) is 4.02. The molecule has 1 fully saturated rings. The van der Waals surface area contributed by atoms with Gasteiger partial charge < -0.3 is 0 Å². The second-order valence-corrected chi connectivity index (χ2v) is 6.31. The van der Waals surface area contributed by atoms with Crippen molar-refractivity contribution in [3.63, 3.8) is 0 Å². The fourth-order valence-corrected chi connectivity index (χ4v) is 2.58. The zero-order valence-corrected chi connectivity index (χ0v) is 13.3. The fourth-order valence-electron chi connectivity index (χ4n) is 2.58. The van der Waals surface area contributed by atoms with Crippen LogP contribution < -0.4 is 10.9 Å². The normalized spacial score (nSPS) is 19.0. The van der Waals surface area contributed by atoms with E-state index < -0.39 is 0 Å². The van der Waals surface area contributed by atoms with Crippen LogP contribution in [0.15, 0.2) is 29.8 Å². The second kappa shape index (κ2) is 6.90. The van der Waals surface area contributed by atoms with E-state index in [9.17, 15) is 4.79 Å². The van der Waals surface area contributed by atoms with Crippen molar-refractivity contribution in [3.05, 3.63) is 41.0 Å². The van der Waals surface area contributed by atoms with Gasteiger partial charge in [-0.1, -0.05) is 50.5 Å². The first-order valence-corrected chi connectivity index (χ1v) is 7.91. The van der Waals surface area contributed by atoms with Crippen LogP contribution in [0, 0.1) is 0 Å². The van der Waals surface area contributed by atoms with Crippen molar-refractivity contribution in [2.45, 2.75) is 58.4 Å². The number of rotatable bonds is 6. The number of carbonyl (C=O) groups is 1. The van der Waals surface area contributed by atoms with Gasteiger partial charge in [0.1, 0.15) is 0 Å². The van der Waals surface area contributed by atoms with E-state index in [1.807, 2.05) is 19.9 Å². The molecule has 3 nitrogen and oxygen atoms in total. The van der Waals surface area contributed by atoms with Crippen molar-refractivity contribution in [2.24, 2.45) is 0 Å². The van der Waals surface area contributed by atoms with Crippen molar-refractivity contribution in [1.82, 2.24) is 10.9 Å². The van der Waals surface area contributed by atoms with Gasteiger partial charge in [0.2, 0.25) is 0 Å². The lowest BCUT2D eigenvalue weighted by atomic mass is 9.93. The Hall–Kier alpha value is -1.61. The first-order chi connectivity index (χ1) is 10.0. The number of unbranched alkanes of at least 4 members (excludes halogenated alkanes) is 3. The number of hydrogen-bond donors (Lipinski definition) is 2. The summed E-state index contributed by atoms with van der Waals surface area (Å²) in [5, 5.41) is 0. The molecular formula is C18H26N2O. The van der Waals surface area contributed by atoms with Gasteiger partial charge in [-0.05, 0) is 43.9 Å². The lowest BCUT2D eigenvalue weighted by molar-refractivity contribution is -0.116. The van der Waals surface area contributed by atoms with E-state index in [1.165, 1.54) is 31.2 Å². The number of hydrogen-bond acceptors (Lipinski definition) is 2. The molecule has 1 aliphatic heterocycles. The molecule has 0 bridgehead atoms. The van der Waals surface area contributed by atoms with Gasteiger partial charge in [-0.3, -0.25) is 10.2 Å². The van der Waals surface area contributed by atoms with Gasteiger partial charge in [0.05, 0.1) is 5.54 Å². The lowest BCUT2D eigenvalue weighted by Gasteiger charge is -2.16. The van der Waals surface area contributed by atoms with Gasteiger partial charge in [0.25, 0.3) is 5.91 Å². The number of carbonyl (C=O) groups excluding carboxylic acids is 1. The molecule has 0 aromatic heterocycles. The Bertz CT molecular complexity index is 515. The molecule has 3 heteroatoms. The molecule has 0 aliphatic carbocycles. The van der Waals surface area contributed by atoms with Gasteiger partial charge in [0.15, 0.2) is 0 Å². The van der Waals surface area contributed by atoms with Crippen LogP contribution in [0.4, 0.5) is 0 Å². The van der Waals surface area contributed by atoms with Crippen molar-refractivity contribution in [1.29, 1.82) is 0 Å². The smallest absolute Gasteiger partial charge is 0.263 e. The molecule has 0 unspecified atom stereocenters. The molecule has 114 valence electrons. The van der Waals surface area contributed by atoms with Crippen LogP contribution in [0.25, 0.3) is 6.08 Å². The molecule has 1 saturated heterocycles. The summed E-state index contributed by atoms with van der Waals surface area (Å²) in [7, 11) is 0. The predicted molar refractivity (Wildman–Crippen MR) is 87.6 cm³/mol. The molecule has 0 spiro atoms. The third kappa shape index (κ3) is 4.18. The Labute approximate surface area is 127 Å². The Kier molecular flexibility index (Phi) is 5.18. The zero-order chi connectivity index (χ0) is 15.3. The third-order valence-corrected chi connectivity index (χ3v) is 4.02. The summed E-state index contributed by atoms with van der Waals surface area (Å²) in [5.41, 5.74) is 8.58. The number of nitrogens with one attached hydrogen (secondary N) is 2. The molecule has 2 N–H and O–H groups in total. The van der Waals surface area contributed by atoms with E-state index >= 15 is 0 Å². The highest BCUT2D eigenvalue weighted by molar-refractivity contribution is 6.01. The van der Waals surface area contributed by atoms with Crippen LogP contribution in [0.5, 0.6) is 0 Å². The average molecular weight is 286 g/mol. The average Bonchev–Trinajstić information content (AvgIpc) is 2.72. The van der Waals surface area contributed by atoms with Gasteiger partial charge in [-0.2, -0.15) is 0 Å². The van der Waals surface area contributed by atoms with Crippen molar-refractivity contribution in [2.75, 3.05) is 0 Å². The molecule has 1 aromatic carbocycles. The summed E-state index contributed by atoms with van der Waals surface area (Å²) in [4.78, 5) is 11.8. The highest BCUT2D eigenvalue weighted by atomic mass is 16.2. The number of benzene rings is 1. The molecule has 21 heavy (non-hydrogen) atoms. The Balaban J connectivity index is 2.01. The van der Waals surface area contributed by atoms with Crippen molar-refractivity contribution >= 4 is 12.0 Å². The minimum atomic E-state index is -0.324. The quantitative estimate of drug-likeness (QED) is 0.619. The topological polar surface area (TPSA) is 41.1 Å². The predicted octanol–water partition coefficient (Wildman–Crippen LogP) is 3.61. The summed E-state index contributed by atoms with van der Waals surface area (Å²) in [6.07, 6.45) is 8.27. The van der Waals surface area contributed by atoms with Crippen LogP contribution in [-0.2, 0) is 11.2 Å². The maximum Gasteiger partial charge on any atom is 0.263 e. The number of hydrazine groups is 1. The van der Waals surface area contributed by atoms with Gasteiger partial charge in [-0.15, -0.1) is 0 Å². The standard InChI is InChI=1S/C18H26N2O/c1-4-5-6-7-8-14-9-11-15(12-10-14)13-16-17(21)19-20-18(16,2)3/h9-13,20H,4-8H2,1-3H3,(H,19,21)/b16-13+. The van der Waals surface area contributed by atoms with E-state index in [0.717, 1.165) is 17.6 Å². The van der Waals surface area contributed by atoms with Crippen molar-refractivity contribution in [3.8, 4) is 0 Å². The zero-order valence-electron chi connectivity index (χ0n) is 13.3. The fraction of sp³-hybridized carbons (Fsp3) is 0.500. The Morgan fingerprint density at radius 1 is 1.10 bits per heavy atom. The number of amides is 1. The van der Waals surface area contributed by atoms with Crippen LogP contribution in [-0.4, -0.2) is 11.4 Å². The minimum Gasteiger partial charge on any atom is -0.287 e. The summed E-state index contributed by atoms with van der Waals surface area (Å²) in [5.74, 6) is -0.0383. The van der Waals surface area contributed by atoms with E-state index in [2.05, 4.69) is 42.0 Å². The first-order valence-electron chi connectivity index (χ1n) is 7.91. The summed E-state index contributed by atoms with van der Waals surface area (Å²) in [6, 6.07) is 8.55. The molecule has 1 amide bonds. The molecule has 0 radical (unpaired) electrons. The highest BCUT2D eigenvalue weighted by Gasteiger charge is 2.34. The summed E-state index contributed by atoms with van der Waals surface area (Å²) >= 11 is 0. The second-order valence-electron chi connectivity index (χ2n) is 6.31. The van der Waals surface area contributed by atoms with Crippen LogP contribution in [0.2, 0.25) is 0 Å². The van der Waals surface area contributed by atoms with Crippen LogP contribution in [0.3, 0.4) is 0 Å². The Morgan fingerprint density at radius 2 is 1.81 bits per heavy atom. The SMILES string of the molecule is CCCCCCc1ccc(/C=C2\C(=O)NNC2(C)C)cc1. The first kappa shape index (κ1) is 15.8. The largest absolute Gasteiger partial charge is 0.287 e. The monoisotopic (exact) mass is 286 g/mol. The van der Waals surface area contributed by atoms with Gasteiger partial charge in [-0.25, -0.2) is 5.43 Å². The van der Waals surface area contributed by atoms with E-state index in [0.29, 0.717) is 0 Å². The molecule has 1 heterocycles. The summed E-state index contributed by atoms with van der Waals surface area (Å²) < 4.78 is 0. The molecule has 0 atom stereocenters. The van der Waals surface area contributed by atoms with E-state index in [1.54, 1.807) is 0 Å². The number of aryl methyl sites for hydroxylation is 1. The summed E-state index contributed by atoms with van der Waals surface area (Å²) in [6.45, 7) is 6.23. The molecular weight excluding hydrogens is 260 g/mol. The molecule has 1 aromatic rings. The highest BCUT2D eigenvalue weighted by Crippen LogP contribution is 2.23. The maximum atomic E-state index is 11.8.